The van der Waals surface area contributed by atoms with Gasteiger partial charge in [-0.3, -0.25) is 9.80 Å². The van der Waals surface area contributed by atoms with E-state index in [0.717, 1.165) is 16.7 Å². The first-order valence-electron chi connectivity index (χ1n) is 16.0. The first-order chi connectivity index (χ1) is 22.8. The van der Waals surface area contributed by atoms with E-state index in [1.165, 1.54) is 24.0 Å². The molecule has 0 aromatic heterocycles. The highest BCUT2D eigenvalue weighted by Crippen LogP contribution is 2.43. The number of aliphatic hydroxyl groups is 1. The minimum atomic E-state index is -0.870. The van der Waals surface area contributed by atoms with Gasteiger partial charge in [0, 0.05) is 11.8 Å². The minimum Gasteiger partial charge on any atom is -0.467 e. The lowest BCUT2D eigenvalue weighted by Crippen LogP contribution is -2.45. The number of β-amino-alcohol motifs (C(OH)–C–C–N with tert-alkyl or cyclic N) is 1. The Hall–Kier alpha value is -4.42. The largest absolute Gasteiger partial charge is 0.467 e. The highest BCUT2D eigenvalue weighted by Gasteiger charge is 2.56. The number of amides is 2. The Kier molecular flexibility index (Phi) is 12.2. The topological polar surface area (TPSA) is 141 Å². The van der Waals surface area contributed by atoms with E-state index in [1.54, 1.807) is 0 Å². The molecule has 12 nitrogen and oxygen atoms in total. The number of hydrogen-bond donors (Lipinski definition) is 1. The van der Waals surface area contributed by atoms with Crippen LogP contribution in [0.5, 0.6) is 0 Å². The van der Waals surface area contributed by atoms with Crippen molar-refractivity contribution in [3.63, 3.8) is 0 Å². The quantitative estimate of drug-likeness (QED) is 0.244. The molecule has 2 aromatic carbocycles. The Morgan fingerprint density at radius 2 is 1.31 bits per heavy atom. The fraction of sp³-hybridized carbons (Fsp3) is 0.500. The number of ether oxygens (including phenoxy) is 5. The monoisotopic (exact) mass is 666 g/mol. The molecule has 260 valence electrons. The molecule has 0 spiro atoms. The molecule has 3 saturated heterocycles. The van der Waals surface area contributed by atoms with Gasteiger partial charge in [-0.2, -0.15) is 0 Å². The lowest BCUT2D eigenvalue weighted by Gasteiger charge is -2.27. The van der Waals surface area contributed by atoms with Crippen molar-refractivity contribution in [3.05, 3.63) is 83.9 Å². The summed E-state index contributed by atoms with van der Waals surface area (Å²) in [5.74, 6) is -1.48. The van der Waals surface area contributed by atoms with Gasteiger partial charge in [-0.25, -0.2) is 19.2 Å². The summed E-state index contributed by atoms with van der Waals surface area (Å²) in [6, 6.07) is 17.2. The Balaban J connectivity index is 0.000000217. The molecule has 0 aliphatic carbocycles. The number of benzene rings is 2. The summed E-state index contributed by atoms with van der Waals surface area (Å²) in [5.41, 5.74) is 2.28. The van der Waals surface area contributed by atoms with E-state index in [4.69, 9.17) is 23.7 Å². The van der Waals surface area contributed by atoms with Crippen molar-refractivity contribution in [2.75, 3.05) is 27.3 Å². The van der Waals surface area contributed by atoms with Gasteiger partial charge in [0.05, 0.1) is 45.1 Å². The Morgan fingerprint density at radius 1 is 0.833 bits per heavy atom. The van der Waals surface area contributed by atoms with Crippen molar-refractivity contribution in [2.24, 2.45) is 11.8 Å². The van der Waals surface area contributed by atoms with Crippen LogP contribution in [0.4, 0.5) is 9.59 Å². The van der Waals surface area contributed by atoms with Gasteiger partial charge < -0.3 is 28.8 Å². The fourth-order valence-electron chi connectivity index (χ4n) is 6.64. The van der Waals surface area contributed by atoms with Crippen molar-refractivity contribution in [1.29, 1.82) is 0 Å². The first-order valence-corrected chi connectivity index (χ1v) is 16.0. The van der Waals surface area contributed by atoms with Crippen LogP contribution in [0.2, 0.25) is 0 Å². The van der Waals surface area contributed by atoms with E-state index < -0.39 is 48.2 Å². The van der Waals surface area contributed by atoms with Crippen LogP contribution in [0.1, 0.15) is 44.7 Å². The Morgan fingerprint density at radius 3 is 1.79 bits per heavy atom. The van der Waals surface area contributed by atoms with Gasteiger partial charge in [0.1, 0.15) is 25.3 Å². The van der Waals surface area contributed by atoms with Crippen LogP contribution in [0.25, 0.3) is 0 Å². The van der Waals surface area contributed by atoms with E-state index >= 15 is 0 Å². The third-order valence-corrected chi connectivity index (χ3v) is 8.76. The van der Waals surface area contributed by atoms with E-state index in [0.29, 0.717) is 19.4 Å². The van der Waals surface area contributed by atoms with Gasteiger partial charge in [-0.05, 0) is 44.7 Å². The summed E-state index contributed by atoms with van der Waals surface area (Å²) >= 11 is 0. The van der Waals surface area contributed by atoms with Gasteiger partial charge in [0.25, 0.3) is 0 Å². The van der Waals surface area contributed by atoms with Crippen molar-refractivity contribution in [3.8, 4) is 0 Å². The number of hydrogen-bond acceptors (Lipinski definition) is 10. The molecule has 48 heavy (non-hydrogen) atoms. The minimum absolute atomic E-state index is 0.0331. The van der Waals surface area contributed by atoms with Crippen LogP contribution in [0, 0.1) is 11.8 Å². The maximum Gasteiger partial charge on any atom is 0.410 e. The molecule has 2 amide bonds. The maximum atomic E-state index is 12.5. The molecule has 1 N–H and O–H groups in total. The van der Waals surface area contributed by atoms with Gasteiger partial charge in [-0.15, -0.1) is 6.58 Å². The molecule has 3 fully saturated rings. The van der Waals surface area contributed by atoms with Crippen LogP contribution in [0.15, 0.2) is 72.8 Å². The average Bonchev–Trinajstić information content (AvgIpc) is 3.69. The number of aliphatic hydroxyl groups excluding tert-OH is 1. The SMILES string of the molecule is C=C(C)C[C@@H]1[C@@H](C(=O)OC)N(C(=O)OCc2ccccc2)C[C@@H]1O.COC(=O)[C@@H]1C2CC(C)(C)OC2CN1C(=O)OCc1ccccc1. The fourth-order valence-corrected chi connectivity index (χ4v) is 6.64. The highest BCUT2D eigenvalue weighted by atomic mass is 16.6. The number of likely N-dealkylation sites (tertiary alicyclic amines) is 2. The predicted octanol–water partition coefficient (Wildman–Crippen LogP) is 4.49. The van der Waals surface area contributed by atoms with Crippen LogP contribution < -0.4 is 0 Å². The predicted molar refractivity (Wildman–Crippen MR) is 174 cm³/mol. The molecule has 5 rings (SSSR count). The van der Waals surface area contributed by atoms with Crippen LogP contribution in [-0.4, -0.2) is 96.2 Å². The normalized spacial score (nSPS) is 25.3. The number of carbonyl (C=O) groups is 4. The van der Waals surface area contributed by atoms with E-state index in [9.17, 15) is 24.3 Å². The zero-order valence-electron chi connectivity index (χ0n) is 28.2. The zero-order chi connectivity index (χ0) is 35.0. The number of rotatable bonds is 8. The number of methoxy groups -OCH3 is 2. The molecule has 2 aromatic rings. The number of nitrogens with zero attached hydrogens (tertiary/aromatic N) is 2. The Bertz CT molecular complexity index is 1430. The highest BCUT2D eigenvalue weighted by molar-refractivity contribution is 5.83. The third kappa shape index (κ3) is 8.93. The number of allylic oxidation sites excluding steroid dienone is 1. The maximum absolute atomic E-state index is 12.5. The summed E-state index contributed by atoms with van der Waals surface area (Å²) in [4.78, 5) is 51.9. The molecule has 3 heterocycles. The molecular formula is C36H46N2O10. The molecule has 12 heteroatoms. The number of carbonyl (C=O) groups excluding carboxylic acids is 4. The summed E-state index contributed by atoms with van der Waals surface area (Å²) in [6.07, 6.45) is -0.991. The standard InChI is InChI=1S/2C18H23NO5/c1-18(2)9-13-14(24-18)10-19(15(13)16(20)22-3)17(21)23-11-12-7-5-4-6-8-12;1-12(2)9-14-15(20)10-19(16(14)17(21)23-3)18(22)24-11-13-7-5-4-6-8-13/h4-8,13-15H,9-11H2,1-3H3;4-8,14-16,20H,1,9-11H2,2-3H3/t13?,14?,15-;14-,15-,16-/m00/s1. The van der Waals surface area contributed by atoms with Crippen molar-refractivity contribution < 1.29 is 48.0 Å². The van der Waals surface area contributed by atoms with Crippen molar-refractivity contribution >= 4 is 24.1 Å². The average molecular weight is 667 g/mol. The van der Waals surface area contributed by atoms with E-state index in [1.807, 2.05) is 81.4 Å². The molecule has 6 atom stereocenters. The van der Waals surface area contributed by atoms with Gasteiger partial charge >= 0.3 is 24.1 Å². The van der Waals surface area contributed by atoms with Crippen LogP contribution >= 0.6 is 0 Å². The van der Waals surface area contributed by atoms with Gasteiger partial charge in [-0.1, -0.05) is 66.2 Å². The molecular weight excluding hydrogens is 620 g/mol. The first kappa shape index (κ1) is 36.4. The molecule has 0 bridgehead atoms. The summed E-state index contributed by atoms with van der Waals surface area (Å²) in [7, 11) is 2.60. The van der Waals surface area contributed by atoms with E-state index in [2.05, 4.69) is 6.58 Å². The summed E-state index contributed by atoms with van der Waals surface area (Å²) < 4.78 is 26.4. The lowest BCUT2D eigenvalue weighted by atomic mass is 9.90. The second kappa shape index (κ2) is 16.1. The number of fused-ring (bicyclic) bond motifs is 1. The summed E-state index contributed by atoms with van der Waals surface area (Å²) in [5, 5.41) is 10.3. The smallest absolute Gasteiger partial charge is 0.410 e. The van der Waals surface area contributed by atoms with Gasteiger partial charge in [0.2, 0.25) is 0 Å². The molecule has 0 saturated carbocycles. The van der Waals surface area contributed by atoms with Crippen molar-refractivity contribution in [2.45, 2.75) is 76.7 Å². The van der Waals surface area contributed by atoms with Gasteiger partial charge in [0.15, 0.2) is 0 Å². The second-order valence-electron chi connectivity index (χ2n) is 13.0. The van der Waals surface area contributed by atoms with Crippen LogP contribution in [0.3, 0.4) is 0 Å². The second-order valence-corrected chi connectivity index (χ2v) is 13.0. The number of esters is 2. The van der Waals surface area contributed by atoms with Crippen LogP contribution in [-0.2, 0) is 46.5 Å². The lowest BCUT2D eigenvalue weighted by molar-refractivity contribution is -0.147. The molecule has 2 unspecified atom stereocenters. The van der Waals surface area contributed by atoms with Crippen molar-refractivity contribution in [1.82, 2.24) is 9.80 Å². The zero-order valence-corrected chi connectivity index (χ0v) is 28.2. The molecule has 3 aliphatic rings. The van der Waals surface area contributed by atoms with E-state index in [-0.39, 0.29) is 37.4 Å². The third-order valence-electron chi connectivity index (χ3n) is 8.76. The Labute approximate surface area is 281 Å². The summed E-state index contributed by atoms with van der Waals surface area (Å²) in [6.45, 7) is 10.3. The molecule has 0 radical (unpaired) electrons. The molecule has 3 aliphatic heterocycles.